The number of benzene rings is 2. The summed E-state index contributed by atoms with van der Waals surface area (Å²) in [4.78, 5) is 0. The summed E-state index contributed by atoms with van der Waals surface area (Å²) in [6.07, 6.45) is 6.58. The van der Waals surface area contributed by atoms with E-state index >= 15 is 0 Å². The largest absolute Gasteiger partial charge is 1.00 e. The van der Waals surface area contributed by atoms with Crippen LogP contribution < -0.4 is 58.2 Å². The van der Waals surface area contributed by atoms with E-state index in [1.807, 2.05) is 0 Å². The third-order valence-electron chi connectivity index (χ3n) is 5.15. The Balaban J connectivity index is 0.00000208. The summed E-state index contributed by atoms with van der Waals surface area (Å²) in [5.74, 6) is 0.0753. The van der Waals surface area contributed by atoms with Gasteiger partial charge in [-0.25, -0.2) is 8.78 Å². The van der Waals surface area contributed by atoms with Gasteiger partial charge in [0, 0.05) is 0 Å². The van der Waals surface area contributed by atoms with Gasteiger partial charge in [-0.15, -0.1) is 5.56 Å². The van der Waals surface area contributed by atoms with E-state index < -0.39 is 11.6 Å². The van der Waals surface area contributed by atoms with Crippen molar-refractivity contribution in [1.29, 1.82) is 0 Å². The maximum absolute atomic E-state index is 14.4. The van der Waals surface area contributed by atoms with Gasteiger partial charge in [0.25, 0.3) is 0 Å². The van der Waals surface area contributed by atoms with Gasteiger partial charge in [-0.1, -0.05) is 44.7 Å². The van der Waals surface area contributed by atoms with Gasteiger partial charge in [0.1, 0.15) is 0 Å². The number of halogens is 2. The van der Waals surface area contributed by atoms with Crippen molar-refractivity contribution < 1.29 is 67.0 Å². The Hall–Kier alpha value is 0.105. The molecule has 2 aromatic carbocycles. The molecule has 0 bridgehead atoms. The molecule has 0 aromatic heterocycles. The number of rotatable bonds is 4. The summed E-state index contributed by atoms with van der Waals surface area (Å²) < 4.78 is 28.8. The van der Waals surface area contributed by atoms with E-state index in [2.05, 4.69) is 13.0 Å². The Labute approximate surface area is 192 Å². The fourth-order valence-electron chi connectivity index (χ4n) is 3.55. The molecule has 0 atom stereocenters. The molecular formula is C21H23F2Rb. The third-order valence-corrected chi connectivity index (χ3v) is 5.15. The zero-order valence-corrected chi connectivity index (χ0v) is 19.5. The van der Waals surface area contributed by atoms with Crippen LogP contribution in [0.4, 0.5) is 8.78 Å². The third kappa shape index (κ3) is 5.06. The fraction of sp³-hybridized carbons (Fsp3) is 0.429. The topological polar surface area (TPSA) is 0 Å². The van der Waals surface area contributed by atoms with Gasteiger partial charge >= 0.3 is 58.2 Å². The van der Waals surface area contributed by atoms with Crippen molar-refractivity contribution in [2.45, 2.75) is 45.4 Å². The molecule has 1 saturated carbocycles. The van der Waals surface area contributed by atoms with Crippen LogP contribution in [0.25, 0.3) is 11.1 Å². The minimum absolute atomic E-state index is 0. The molecular weight excluding hydrogens is 376 g/mol. The smallest absolute Gasteiger partial charge is 0.203 e. The van der Waals surface area contributed by atoms with E-state index in [4.69, 9.17) is 0 Å². The van der Waals surface area contributed by atoms with Crippen LogP contribution in [0.5, 0.6) is 0 Å². The second-order valence-electron chi connectivity index (χ2n) is 6.85. The average Bonchev–Trinajstić information content (AvgIpc) is 2.58. The molecule has 0 aliphatic heterocycles. The van der Waals surface area contributed by atoms with Gasteiger partial charge in [-0.05, 0) is 35.8 Å². The van der Waals surface area contributed by atoms with E-state index in [1.165, 1.54) is 25.7 Å². The maximum atomic E-state index is 14.4. The van der Waals surface area contributed by atoms with Gasteiger partial charge in [-0.3, -0.25) is 0 Å². The van der Waals surface area contributed by atoms with Crippen molar-refractivity contribution in [3.63, 3.8) is 0 Å². The molecule has 0 heterocycles. The zero-order chi connectivity index (χ0) is 16.2. The molecule has 3 rings (SSSR count). The summed E-state index contributed by atoms with van der Waals surface area (Å²) >= 11 is 0. The first-order valence-electron chi connectivity index (χ1n) is 8.58. The summed E-state index contributed by atoms with van der Waals surface area (Å²) in [5, 5.41) is 0. The number of hydrogen-bond acceptors (Lipinski definition) is 0. The Kier molecular flexibility index (Phi) is 8.26. The number of hydrogen-bond donors (Lipinski definition) is 0. The SMILES string of the molecule is CC1CCC(CCc2ccc(-c3cc[c-]cc3)c(F)c2F)CC1.[Rb+]. The molecule has 1 fully saturated rings. The van der Waals surface area contributed by atoms with E-state index in [9.17, 15) is 8.78 Å². The zero-order valence-electron chi connectivity index (χ0n) is 14.6. The molecule has 0 nitrogen and oxygen atoms in total. The quantitative estimate of drug-likeness (QED) is 0.694. The van der Waals surface area contributed by atoms with Crippen molar-refractivity contribution in [3.05, 3.63) is 59.7 Å². The molecule has 0 spiro atoms. The van der Waals surface area contributed by atoms with E-state index in [1.54, 1.807) is 36.4 Å². The minimum Gasteiger partial charge on any atom is -0.203 e. The average molecular weight is 399 g/mol. The summed E-state index contributed by atoms with van der Waals surface area (Å²) in [7, 11) is 0. The van der Waals surface area contributed by atoms with Gasteiger partial charge in [0.05, 0.1) is 0 Å². The maximum Gasteiger partial charge on any atom is 1.00 e. The molecule has 2 aromatic rings. The molecule has 1 aliphatic carbocycles. The van der Waals surface area contributed by atoms with Crippen LogP contribution in [-0.2, 0) is 6.42 Å². The molecule has 0 radical (unpaired) electrons. The fourth-order valence-corrected chi connectivity index (χ4v) is 3.55. The Morgan fingerprint density at radius 3 is 2.29 bits per heavy atom. The Morgan fingerprint density at radius 2 is 1.62 bits per heavy atom. The van der Waals surface area contributed by atoms with Gasteiger partial charge in [0.15, 0.2) is 11.6 Å². The molecule has 0 unspecified atom stereocenters. The van der Waals surface area contributed by atoms with Crippen LogP contribution in [0.3, 0.4) is 0 Å². The van der Waals surface area contributed by atoms with Crippen LogP contribution >= 0.6 is 0 Å². The van der Waals surface area contributed by atoms with Crippen molar-refractivity contribution in [3.8, 4) is 11.1 Å². The second kappa shape index (κ2) is 9.71. The van der Waals surface area contributed by atoms with Crippen molar-refractivity contribution in [2.75, 3.05) is 0 Å². The summed E-state index contributed by atoms with van der Waals surface area (Å²) in [6, 6.07) is 13.3. The predicted octanol–water partition coefficient (Wildman–Crippen LogP) is 3.19. The molecule has 0 amide bonds. The normalized spacial score (nSPS) is 20.5. The first-order chi connectivity index (χ1) is 11.1. The molecule has 0 saturated heterocycles. The van der Waals surface area contributed by atoms with Crippen LogP contribution in [0.2, 0.25) is 0 Å². The van der Waals surface area contributed by atoms with Crippen LogP contribution in [0, 0.1) is 29.5 Å². The first kappa shape index (κ1) is 20.4. The van der Waals surface area contributed by atoms with Crippen molar-refractivity contribution in [1.82, 2.24) is 0 Å². The van der Waals surface area contributed by atoms with Gasteiger partial charge in [-0.2, -0.15) is 30.3 Å². The Bertz CT molecular complexity index is 646. The van der Waals surface area contributed by atoms with E-state index in [0.29, 0.717) is 29.0 Å². The van der Waals surface area contributed by atoms with Crippen molar-refractivity contribution >= 4 is 0 Å². The first-order valence-corrected chi connectivity index (χ1v) is 8.58. The van der Waals surface area contributed by atoms with E-state index in [0.717, 1.165) is 12.3 Å². The predicted molar refractivity (Wildman–Crippen MR) is 90.1 cm³/mol. The van der Waals surface area contributed by atoms with Crippen LogP contribution in [-0.4, -0.2) is 0 Å². The van der Waals surface area contributed by atoms with E-state index in [-0.39, 0.29) is 58.2 Å². The summed E-state index contributed by atoms with van der Waals surface area (Å²) in [5.41, 5.74) is 1.52. The Morgan fingerprint density at radius 1 is 0.958 bits per heavy atom. The number of aryl methyl sites for hydroxylation is 1. The summed E-state index contributed by atoms with van der Waals surface area (Å²) in [6.45, 7) is 2.30. The van der Waals surface area contributed by atoms with Gasteiger partial charge < -0.3 is 0 Å². The van der Waals surface area contributed by atoms with Gasteiger partial charge in [0.2, 0.25) is 0 Å². The second-order valence-corrected chi connectivity index (χ2v) is 6.85. The molecule has 24 heavy (non-hydrogen) atoms. The van der Waals surface area contributed by atoms with Crippen molar-refractivity contribution in [2.24, 2.45) is 11.8 Å². The molecule has 0 N–H and O–H groups in total. The molecule has 1 aliphatic rings. The minimum atomic E-state index is -0.731. The molecule has 3 heteroatoms. The van der Waals surface area contributed by atoms with Crippen LogP contribution in [0.1, 0.15) is 44.6 Å². The standard InChI is InChI=1S/C21H23F2.Rb/c1-15-7-9-16(10-8-15)11-12-18-13-14-19(21(23)20(18)22)17-5-3-2-4-6-17;/h3-6,13-16H,7-12H2,1H3;/q-1;+1. The van der Waals surface area contributed by atoms with Crippen LogP contribution in [0.15, 0.2) is 36.4 Å². The monoisotopic (exact) mass is 398 g/mol. The molecule has 122 valence electrons.